The number of anilines is 4. The molecule has 2 saturated carbocycles. The second kappa shape index (κ2) is 24.2. The lowest BCUT2D eigenvalue weighted by molar-refractivity contribution is 0.0975. The number of thiophene rings is 2. The summed E-state index contributed by atoms with van der Waals surface area (Å²) in [6.45, 7) is 7.02. The summed E-state index contributed by atoms with van der Waals surface area (Å²) in [5.41, 5.74) is 11.1. The van der Waals surface area contributed by atoms with Crippen LogP contribution in [0.5, 0.6) is 0 Å². The maximum atomic E-state index is 16.6. The number of fused-ring (bicyclic) bond motifs is 6. The number of amides is 4. The van der Waals surface area contributed by atoms with E-state index >= 15 is 4.39 Å². The molecule has 2 aliphatic carbocycles. The number of benzene rings is 4. The van der Waals surface area contributed by atoms with E-state index in [1.54, 1.807) is 86.3 Å². The SMILES string of the molecule is CCOC(=O)n1cc(-c2cccc(C(=O)N3CCc4cc(C(=O)Nc5c(C)cccc5F)sc4-c4ccccc43)n2)c(C2CC2c2cc(C)c(NC(=O)c3cc4c(s3)-c3ccccc3N(C(=O)c3cccc(-c5cn(CCOC)nc5C5CC5)n3)CC4)c(F)c2)n1. The third-order valence-electron chi connectivity index (χ3n) is 17.2. The van der Waals surface area contributed by atoms with Gasteiger partial charge in [0.05, 0.1) is 75.0 Å². The van der Waals surface area contributed by atoms with Crippen molar-refractivity contribution in [3.05, 3.63) is 212 Å². The number of aryl methyl sites for hydroxylation is 2. The zero-order chi connectivity index (χ0) is 62.8. The van der Waals surface area contributed by atoms with Gasteiger partial charge in [-0.1, -0.05) is 66.7 Å². The summed E-state index contributed by atoms with van der Waals surface area (Å²) in [7, 11) is 1.66. The first-order valence-electron chi connectivity index (χ1n) is 30.2. The number of aromatic nitrogens is 6. The molecule has 10 aromatic rings. The molecule has 2 atom stereocenters. The first-order valence-corrected chi connectivity index (χ1v) is 31.9. The van der Waals surface area contributed by atoms with Crippen LogP contribution in [0, 0.1) is 25.5 Å². The maximum absolute atomic E-state index is 16.6. The summed E-state index contributed by atoms with van der Waals surface area (Å²) in [5, 5.41) is 15.2. The molecule has 0 saturated heterocycles. The molecule has 14 rings (SSSR count). The molecule has 21 heteroatoms. The maximum Gasteiger partial charge on any atom is 0.434 e. The van der Waals surface area contributed by atoms with Crippen molar-refractivity contribution in [2.24, 2.45) is 0 Å². The van der Waals surface area contributed by atoms with Crippen molar-refractivity contribution in [1.82, 2.24) is 29.5 Å². The van der Waals surface area contributed by atoms with Crippen LogP contribution in [0.3, 0.4) is 0 Å². The van der Waals surface area contributed by atoms with Gasteiger partial charge in [0.25, 0.3) is 23.6 Å². The van der Waals surface area contributed by atoms with E-state index < -0.39 is 29.5 Å². The fourth-order valence-electron chi connectivity index (χ4n) is 12.4. The highest BCUT2D eigenvalue weighted by Gasteiger charge is 2.44. The third-order valence-corrected chi connectivity index (χ3v) is 19.6. The lowest BCUT2D eigenvalue weighted by Gasteiger charge is -2.23. The molecule has 2 fully saturated rings. The first-order chi connectivity index (χ1) is 44.2. The van der Waals surface area contributed by atoms with Gasteiger partial charge in [-0.05, 0) is 147 Å². The highest BCUT2D eigenvalue weighted by Crippen LogP contribution is 2.57. The van der Waals surface area contributed by atoms with Gasteiger partial charge in [0.2, 0.25) is 0 Å². The van der Waals surface area contributed by atoms with Gasteiger partial charge < -0.3 is 29.9 Å². The normalized spacial score (nSPS) is 15.6. The number of para-hydroxylation sites is 3. The molecule has 2 N–H and O–H groups in total. The van der Waals surface area contributed by atoms with Gasteiger partial charge in [-0.25, -0.2) is 23.5 Å². The summed E-state index contributed by atoms with van der Waals surface area (Å²) >= 11 is 2.57. The quantitative estimate of drug-likeness (QED) is 0.0991. The van der Waals surface area contributed by atoms with Gasteiger partial charge in [-0.2, -0.15) is 14.9 Å². The molecule has 91 heavy (non-hydrogen) atoms. The van der Waals surface area contributed by atoms with Crippen LogP contribution in [0.4, 0.5) is 36.3 Å². The molecular weight excluding hydrogens is 1190 g/mol. The van der Waals surface area contributed by atoms with Crippen molar-refractivity contribution in [3.63, 3.8) is 0 Å². The van der Waals surface area contributed by atoms with E-state index in [1.807, 2.05) is 83.7 Å². The minimum absolute atomic E-state index is 0.0532. The molecule has 4 amide bonds. The highest BCUT2D eigenvalue weighted by molar-refractivity contribution is 7.18. The summed E-state index contributed by atoms with van der Waals surface area (Å²) in [4.78, 5) is 86.1. The molecule has 8 heterocycles. The number of carbonyl (C=O) groups is 5. The van der Waals surface area contributed by atoms with Crippen LogP contribution in [0.15, 0.2) is 140 Å². The van der Waals surface area contributed by atoms with Gasteiger partial charge in [-0.15, -0.1) is 22.7 Å². The summed E-state index contributed by atoms with van der Waals surface area (Å²) in [5.74, 6) is -2.75. The second-order valence-electron chi connectivity index (χ2n) is 23.2. The Kier molecular flexibility index (Phi) is 15.6. The molecule has 17 nitrogen and oxygen atoms in total. The lowest BCUT2D eigenvalue weighted by atomic mass is 10.0. The van der Waals surface area contributed by atoms with Crippen molar-refractivity contribution >= 4 is 75.1 Å². The average molecular weight is 1260 g/mol. The average Bonchev–Trinajstić information content (AvgIpc) is 1.63. The molecule has 6 aromatic heterocycles. The summed E-state index contributed by atoms with van der Waals surface area (Å²) in [6.07, 6.45) is 6.41. The number of nitrogens with zero attached hydrogens (tertiary/aromatic N) is 8. The van der Waals surface area contributed by atoms with Gasteiger partial charge in [-0.3, -0.25) is 23.9 Å². The monoisotopic (exact) mass is 1250 g/mol. The fraction of sp³-hybridized carbons (Fsp3) is 0.243. The zero-order valence-electron chi connectivity index (χ0n) is 50.1. The molecule has 4 aromatic carbocycles. The Labute approximate surface area is 530 Å². The van der Waals surface area contributed by atoms with E-state index in [0.717, 1.165) is 60.8 Å². The van der Waals surface area contributed by atoms with Gasteiger partial charge in [0.1, 0.15) is 23.0 Å². The second-order valence-corrected chi connectivity index (χ2v) is 25.3. The third kappa shape index (κ3) is 11.3. The predicted octanol–water partition coefficient (Wildman–Crippen LogP) is 14.3. The van der Waals surface area contributed by atoms with E-state index in [4.69, 9.17) is 29.6 Å². The Bertz CT molecular complexity index is 4560. The molecule has 0 spiro atoms. The number of hydrogen-bond acceptors (Lipinski definition) is 13. The Morgan fingerprint density at radius 3 is 1.75 bits per heavy atom. The van der Waals surface area contributed by atoms with Crippen molar-refractivity contribution in [1.29, 1.82) is 0 Å². The Hall–Kier alpha value is -9.83. The number of methoxy groups -OCH3 is 1. The van der Waals surface area contributed by atoms with Crippen molar-refractivity contribution in [2.45, 2.75) is 77.2 Å². The number of hydrogen-bond donors (Lipinski definition) is 2. The van der Waals surface area contributed by atoms with E-state index in [-0.39, 0.29) is 53.9 Å². The van der Waals surface area contributed by atoms with Crippen LogP contribution in [0.1, 0.15) is 123 Å². The fourth-order valence-corrected chi connectivity index (χ4v) is 14.7. The predicted molar refractivity (Wildman–Crippen MR) is 346 cm³/mol. The Morgan fingerprint density at radius 1 is 0.615 bits per heavy atom. The first kappa shape index (κ1) is 58.8. The minimum Gasteiger partial charge on any atom is -0.448 e. The largest absolute Gasteiger partial charge is 0.448 e. The standard InChI is InChI=1S/C70H60F2N10O7S2/c1-5-89-70(87)82-37-49(53-18-12-20-55(74-53)69(86)81-28-25-41-33-58(90-64(41)44-14-6-9-22-57(44)81)66(83)75-60-38(2)13-10-16-50(60)71)63(78-82)47-35-46(47)43-31-39(3)61(51(72)32-43)76-67(84)59-34-42-26-27-80(56-21-8-7-15-45(56)65(42)91-59)68(85)54-19-11-17-52(73-54)48-36-79(29-30-88-4)77-62(48)40-23-24-40/h6-22,31-34,36-37,40,46-47H,5,23-30,35H2,1-4H3,(H,75,83)(H,76,84). The van der Waals surface area contributed by atoms with Crippen LogP contribution in [-0.4, -0.2) is 92.7 Å². The van der Waals surface area contributed by atoms with Crippen molar-refractivity contribution in [3.8, 4) is 43.4 Å². The topological polar surface area (TPSA) is 196 Å². The van der Waals surface area contributed by atoms with E-state index in [1.165, 1.54) is 34.8 Å². The van der Waals surface area contributed by atoms with Gasteiger partial charge in [0.15, 0.2) is 0 Å². The molecule has 0 bridgehead atoms. The summed E-state index contributed by atoms with van der Waals surface area (Å²) in [6, 6.07) is 37.3. The number of pyridine rings is 2. The molecule has 0 radical (unpaired) electrons. The number of ether oxygens (including phenoxy) is 2. The number of carbonyl (C=O) groups excluding carboxylic acids is 5. The summed E-state index contributed by atoms with van der Waals surface area (Å²) < 4.78 is 45.0. The smallest absolute Gasteiger partial charge is 0.434 e. The molecule has 2 unspecified atom stereocenters. The lowest BCUT2D eigenvalue weighted by Crippen LogP contribution is -2.33. The number of rotatable bonds is 15. The Balaban J connectivity index is 0.678. The van der Waals surface area contributed by atoms with Crippen LogP contribution in [0.2, 0.25) is 0 Å². The number of halogens is 2. The zero-order valence-corrected chi connectivity index (χ0v) is 51.7. The van der Waals surface area contributed by atoms with Crippen molar-refractivity contribution in [2.75, 3.05) is 53.8 Å². The van der Waals surface area contributed by atoms with Gasteiger partial charge in [0, 0.05) is 76.4 Å². The number of nitrogens with one attached hydrogen (secondary N) is 2. The molecule has 2 aliphatic heterocycles. The van der Waals surface area contributed by atoms with Crippen LogP contribution >= 0.6 is 22.7 Å². The molecular formula is C70H60F2N10O7S2. The van der Waals surface area contributed by atoms with Crippen LogP contribution in [0.25, 0.3) is 43.4 Å². The van der Waals surface area contributed by atoms with E-state index in [9.17, 15) is 28.4 Å². The van der Waals surface area contributed by atoms with E-state index in [0.29, 0.717) is 111 Å². The van der Waals surface area contributed by atoms with E-state index in [2.05, 4.69) is 10.6 Å². The van der Waals surface area contributed by atoms with Crippen LogP contribution < -0.4 is 20.4 Å². The van der Waals surface area contributed by atoms with Crippen molar-refractivity contribution < 1.29 is 42.2 Å². The molecule has 4 aliphatic rings. The van der Waals surface area contributed by atoms with Gasteiger partial charge >= 0.3 is 6.09 Å². The van der Waals surface area contributed by atoms with Crippen LogP contribution in [-0.2, 0) is 28.9 Å². The molecule has 458 valence electrons. The Morgan fingerprint density at radius 2 is 1.19 bits per heavy atom. The minimum atomic E-state index is -0.696. The highest BCUT2D eigenvalue weighted by atomic mass is 32.1.